The first-order valence-electron chi connectivity index (χ1n) is 18.9. The lowest BCUT2D eigenvalue weighted by atomic mass is 9.99. The van der Waals surface area contributed by atoms with Crippen LogP contribution in [0.15, 0.2) is 89.6 Å². The van der Waals surface area contributed by atoms with E-state index in [2.05, 4.69) is 130 Å². The second kappa shape index (κ2) is 14.3. The Bertz CT molecular complexity index is 2660. The highest BCUT2D eigenvalue weighted by atomic mass is 31.1. The molecule has 6 nitrogen and oxygen atoms in total. The Hall–Kier alpha value is -5.28. The SMILES string of the molecule is COc1ccc(C)c(-p2oc3c(C)cc(C)cc3c3cc(C)cc(C)c3o2)c1-c1c(OC)ccc(C)c1-p1oc2c(C)cc(C)cc2c2cc(C)cc(C)c2o1. The van der Waals surface area contributed by atoms with Crippen molar-refractivity contribution in [3.63, 3.8) is 0 Å². The second-order valence-corrected chi connectivity index (χ2v) is 18.0. The zero-order valence-corrected chi connectivity index (χ0v) is 36.1. The Balaban J connectivity index is 1.58. The van der Waals surface area contributed by atoms with E-state index >= 15 is 0 Å². The molecule has 0 radical (unpaired) electrons. The summed E-state index contributed by atoms with van der Waals surface area (Å²) in [7, 11) is -0.142. The van der Waals surface area contributed by atoms with Gasteiger partial charge in [-0.25, -0.2) is 0 Å². The molecule has 8 rings (SSSR count). The third-order valence-corrected chi connectivity index (χ3v) is 14.0. The minimum absolute atomic E-state index is 0.667. The molecule has 0 atom stereocenters. The Kier molecular flexibility index (Phi) is 9.64. The van der Waals surface area contributed by atoms with Crippen molar-refractivity contribution >= 4 is 59.9 Å². The number of hydrogen-bond donors (Lipinski definition) is 0. The lowest BCUT2D eigenvalue weighted by Crippen LogP contribution is -1.97. The normalized spacial score (nSPS) is 11.6. The van der Waals surface area contributed by atoms with Crippen molar-refractivity contribution in [1.29, 1.82) is 0 Å². The van der Waals surface area contributed by atoms with Gasteiger partial charge in [0, 0.05) is 32.7 Å². The van der Waals surface area contributed by atoms with Crippen molar-refractivity contribution in [2.45, 2.75) is 69.2 Å². The van der Waals surface area contributed by atoms with Crippen molar-refractivity contribution in [3.05, 3.63) is 128 Å². The summed E-state index contributed by atoms with van der Waals surface area (Å²) >= 11 is 0. The fraction of sp³-hybridized carbons (Fsp3) is 0.250. The van der Waals surface area contributed by atoms with E-state index in [1.807, 2.05) is 12.1 Å². The average molecular weight is 783 g/mol. The van der Waals surface area contributed by atoms with E-state index in [9.17, 15) is 0 Å². The van der Waals surface area contributed by atoms with E-state index in [1.165, 1.54) is 22.3 Å². The molecule has 0 aliphatic heterocycles. The molecule has 8 aromatic rings. The van der Waals surface area contributed by atoms with Crippen LogP contribution in [0, 0.1) is 69.2 Å². The molecule has 0 saturated heterocycles. The Morgan fingerprint density at radius 3 is 0.875 bits per heavy atom. The molecule has 0 amide bonds. The zero-order valence-electron chi connectivity index (χ0n) is 34.3. The van der Waals surface area contributed by atoms with Crippen molar-refractivity contribution < 1.29 is 26.3 Å². The summed E-state index contributed by atoms with van der Waals surface area (Å²) in [5.74, 6) is 1.33. The summed E-state index contributed by atoms with van der Waals surface area (Å²) in [5, 5.41) is 5.91. The summed E-state index contributed by atoms with van der Waals surface area (Å²) in [4.78, 5) is 0. The van der Waals surface area contributed by atoms with E-state index in [1.54, 1.807) is 14.2 Å². The Labute approximate surface area is 330 Å². The molecule has 0 aliphatic rings. The molecule has 0 bridgehead atoms. The molecular weight excluding hydrogens is 734 g/mol. The van der Waals surface area contributed by atoms with Crippen LogP contribution in [0.1, 0.15) is 55.6 Å². The standard InChI is InChI=1S/C48H48O6P2/c1-25-17-31(7)43-35(21-25)36-22-26(2)18-32(8)44(36)52-55(51-43)47-29(5)13-15-39(49-11)41(47)42-40(50-12)16-14-30(6)48(42)56-53-45-33(9)19-27(3)23-37(45)38-24-28(4)20-34(10)46(38)54-56/h13-24H,1-12H3. The summed E-state index contributed by atoms with van der Waals surface area (Å²) in [6.45, 7) is 21.2. The van der Waals surface area contributed by atoms with E-state index in [-0.39, 0.29) is 0 Å². The van der Waals surface area contributed by atoms with Crippen LogP contribution in [0.2, 0.25) is 0 Å². The maximum absolute atomic E-state index is 7.19. The van der Waals surface area contributed by atoms with Crippen LogP contribution in [-0.2, 0) is 0 Å². The van der Waals surface area contributed by atoms with Gasteiger partial charge in [-0.3, -0.25) is 0 Å². The molecule has 0 unspecified atom stereocenters. The second-order valence-electron chi connectivity index (χ2n) is 15.3. The van der Waals surface area contributed by atoms with Crippen molar-refractivity contribution in [3.8, 4) is 33.2 Å². The van der Waals surface area contributed by atoms with Gasteiger partial charge in [0.05, 0.1) is 24.8 Å². The maximum atomic E-state index is 7.19. The summed E-state index contributed by atoms with van der Waals surface area (Å²) < 4.78 is 41.4. The minimum Gasteiger partial charge on any atom is -0.496 e. The maximum Gasteiger partial charge on any atom is 0.253 e. The first-order chi connectivity index (χ1) is 26.8. The van der Waals surface area contributed by atoms with E-state index in [0.717, 1.165) is 99.0 Å². The molecular formula is C48H48O6P2. The molecule has 0 spiro atoms. The number of rotatable bonds is 5. The molecule has 0 aliphatic carbocycles. The molecule has 0 N–H and O–H groups in total. The third kappa shape index (κ3) is 6.30. The minimum atomic E-state index is -1.78. The smallest absolute Gasteiger partial charge is 0.253 e. The summed E-state index contributed by atoms with van der Waals surface area (Å²) in [5.41, 5.74) is 15.8. The molecule has 2 heterocycles. The molecule has 56 heavy (non-hydrogen) atoms. The lowest BCUT2D eigenvalue weighted by molar-refractivity contribution is 0.410. The first kappa shape index (κ1) is 37.6. The van der Waals surface area contributed by atoms with Gasteiger partial charge in [-0.05, 0) is 161 Å². The van der Waals surface area contributed by atoms with Crippen LogP contribution in [0.4, 0.5) is 0 Å². The number of aryl methyl sites for hydroxylation is 10. The largest absolute Gasteiger partial charge is 0.496 e. The zero-order chi connectivity index (χ0) is 39.7. The average Bonchev–Trinajstić information content (AvgIpc) is 3.40. The highest BCUT2D eigenvalue weighted by molar-refractivity contribution is 7.47. The van der Waals surface area contributed by atoms with Gasteiger partial charge in [-0.2, -0.15) is 0 Å². The number of fused-ring (bicyclic) bond motifs is 6. The number of ether oxygens (including phenoxy) is 2. The van der Waals surface area contributed by atoms with Crippen LogP contribution >= 0.6 is 16.0 Å². The van der Waals surface area contributed by atoms with Crippen LogP contribution in [-0.4, -0.2) is 14.2 Å². The van der Waals surface area contributed by atoms with Gasteiger partial charge >= 0.3 is 0 Å². The molecule has 8 heteroatoms. The van der Waals surface area contributed by atoms with Gasteiger partial charge in [-0.1, -0.05) is 36.4 Å². The van der Waals surface area contributed by atoms with Crippen LogP contribution < -0.4 is 9.47 Å². The highest BCUT2D eigenvalue weighted by Gasteiger charge is 2.29. The molecule has 0 saturated carbocycles. The fourth-order valence-corrected chi connectivity index (χ4v) is 11.9. The molecule has 286 valence electrons. The van der Waals surface area contributed by atoms with Gasteiger partial charge < -0.3 is 26.3 Å². The highest BCUT2D eigenvalue weighted by Crippen LogP contribution is 2.59. The first-order valence-corrected chi connectivity index (χ1v) is 21.3. The van der Waals surface area contributed by atoms with E-state index < -0.39 is 16.0 Å². The Morgan fingerprint density at radius 1 is 0.357 bits per heavy atom. The lowest BCUT2D eigenvalue weighted by Gasteiger charge is -2.20. The quantitative estimate of drug-likeness (QED) is 0.173. The monoisotopic (exact) mass is 782 g/mol. The van der Waals surface area contributed by atoms with Crippen LogP contribution in [0.3, 0.4) is 0 Å². The van der Waals surface area contributed by atoms with Crippen LogP contribution in [0.25, 0.3) is 65.6 Å². The van der Waals surface area contributed by atoms with E-state index in [4.69, 9.17) is 26.3 Å². The number of benzene rings is 6. The predicted molar refractivity (Wildman–Crippen MR) is 235 cm³/mol. The Morgan fingerprint density at radius 2 is 0.625 bits per heavy atom. The summed E-state index contributed by atoms with van der Waals surface area (Å²) in [6.07, 6.45) is 0. The summed E-state index contributed by atoms with van der Waals surface area (Å²) in [6, 6.07) is 25.7. The van der Waals surface area contributed by atoms with Crippen LogP contribution in [0.5, 0.6) is 11.5 Å². The topological polar surface area (TPSA) is 71.0 Å². The van der Waals surface area contributed by atoms with Gasteiger partial charge in [-0.15, -0.1) is 0 Å². The molecule has 0 fully saturated rings. The van der Waals surface area contributed by atoms with E-state index in [0.29, 0.717) is 11.5 Å². The van der Waals surface area contributed by atoms with Crippen molar-refractivity contribution in [2.24, 2.45) is 0 Å². The molecule has 2 aromatic heterocycles. The van der Waals surface area contributed by atoms with Crippen molar-refractivity contribution in [2.75, 3.05) is 14.2 Å². The van der Waals surface area contributed by atoms with Crippen molar-refractivity contribution in [1.82, 2.24) is 0 Å². The molecule has 6 aromatic carbocycles. The van der Waals surface area contributed by atoms with Gasteiger partial charge in [0.2, 0.25) is 0 Å². The number of methoxy groups -OCH3 is 2. The van der Waals surface area contributed by atoms with Gasteiger partial charge in [0.25, 0.3) is 16.0 Å². The number of hydrogen-bond acceptors (Lipinski definition) is 6. The predicted octanol–water partition coefficient (Wildman–Crippen LogP) is 15.6. The fourth-order valence-electron chi connectivity index (χ4n) is 8.30. The third-order valence-electron chi connectivity index (χ3n) is 10.7. The van der Waals surface area contributed by atoms with Gasteiger partial charge in [0.1, 0.15) is 33.8 Å². The van der Waals surface area contributed by atoms with Gasteiger partial charge in [0.15, 0.2) is 0 Å².